The largest absolute Gasteiger partial charge is 0.350 e. The van der Waals surface area contributed by atoms with Crippen LogP contribution in [-0.2, 0) is 28.5 Å². The summed E-state index contributed by atoms with van der Waals surface area (Å²) >= 11 is 0. The van der Waals surface area contributed by atoms with Crippen LogP contribution in [0.1, 0.15) is 46.5 Å². The van der Waals surface area contributed by atoms with Crippen LogP contribution >= 0.6 is 0 Å². The number of fused-ring (bicyclic) bond motifs is 7. The van der Waals surface area contributed by atoms with Crippen LogP contribution < -0.4 is 0 Å². The minimum atomic E-state index is -0.927. The fourth-order valence-electron chi connectivity index (χ4n) is 8.55. The third-order valence-electron chi connectivity index (χ3n) is 9.61. The van der Waals surface area contributed by atoms with Crippen LogP contribution in [0.15, 0.2) is 23.8 Å². The maximum absolute atomic E-state index is 13.9. The molecule has 4 aliphatic carbocycles. The van der Waals surface area contributed by atoms with E-state index in [1.54, 1.807) is 12.2 Å². The van der Waals surface area contributed by atoms with Gasteiger partial charge >= 0.3 is 0 Å². The van der Waals surface area contributed by atoms with Gasteiger partial charge in [0.25, 0.3) is 0 Å². The molecule has 0 amide bonds. The molecule has 2 heterocycles. The number of rotatable bonds is 0. The average molecular weight is 414 g/mol. The summed E-state index contributed by atoms with van der Waals surface area (Å²) in [5.41, 5.74) is -0.289. The fourth-order valence-corrected chi connectivity index (χ4v) is 8.55. The van der Waals surface area contributed by atoms with Gasteiger partial charge in [-0.3, -0.25) is 9.59 Å². The fraction of sp³-hybridized carbons (Fsp3) is 0.750. The third kappa shape index (κ3) is 2.00. The number of allylic oxidation sites excluding steroid dienone is 4. The summed E-state index contributed by atoms with van der Waals surface area (Å²) in [7, 11) is 0. The zero-order valence-corrected chi connectivity index (χ0v) is 17.9. The molecule has 3 saturated carbocycles. The van der Waals surface area contributed by atoms with Crippen LogP contribution in [0.3, 0.4) is 0 Å². The molecule has 6 nitrogen and oxygen atoms in total. The molecule has 2 aliphatic heterocycles. The second-order valence-electron chi connectivity index (χ2n) is 10.7. The van der Waals surface area contributed by atoms with E-state index in [9.17, 15) is 9.59 Å². The van der Waals surface area contributed by atoms with E-state index in [1.807, 2.05) is 6.08 Å². The molecule has 6 rings (SSSR count). The molecule has 0 radical (unpaired) electrons. The van der Waals surface area contributed by atoms with Crippen molar-refractivity contribution in [3.63, 3.8) is 0 Å². The first-order chi connectivity index (χ1) is 14.3. The minimum absolute atomic E-state index is 0.0410. The van der Waals surface area contributed by atoms with Gasteiger partial charge in [-0.1, -0.05) is 32.4 Å². The molecule has 30 heavy (non-hydrogen) atoms. The number of ether oxygens (including phenoxy) is 4. The molecule has 0 bridgehead atoms. The van der Waals surface area contributed by atoms with Crippen molar-refractivity contribution in [1.29, 1.82) is 0 Å². The third-order valence-corrected chi connectivity index (χ3v) is 9.61. The first-order valence-electron chi connectivity index (χ1n) is 11.2. The van der Waals surface area contributed by atoms with Gasteiger partial charge < -0.3 is 18.9 Å². The van der Waals surface area contributed by atoms with Gasteiger partial charge in [0.1, 0.15) is 18.0 Å². The standard InChI is InChI=1S/C24H30O6/c1-14-8-18-17-5-4-15-9-16(25)6-7-21(15,2)20(17)19(26)10-22(18,3)24(14)23(29-13-30-24)11-27-12-28-23/h6-7,9,14,17-18,20H,4-5,8,10-13H2,1-3H3/t14-,17+,18+,20-,21+,22+,23?,24-/m1/s1. The van der Waals surface area contributed by atoms with Crippen LogP contribution in [0.25, 0.3) is 0 Å². The lowest BCUT2D eigenvalue weighted by atomic mass is 9.46. The zero-order valence-electron chi connectivity index (χ0n) is 17.9. The van der Waals surface area contributed by atoms with Gasteiger partial charge in [0.15, 0.2) is 19.4 Å². The molecule has 0 aromatic rings. The number of carbonyl (C=O) groups excluding carboxylic acids is 2. The van der Waals surface area contributed by atoms with E-state index in [-0.39, 0.29) is 53.7 Å². The number of hydrogen-bond donors (Lipinski definition) is 0. The predicted molar refractivity (Wildman–Crippen MR) is 106 cm³/mol. The molecule has 6 heteroatoms. The lowest BCUT2D eigenvalue weighted by molar-refractivity contribution is -0.256. The molecule has 1 unspecified atom stereocenters. The molecule has 8 atom stereocenters. The summed E-state index contributed by atoms with van der Waals surface area (Å²) in [4.78, 5) is 25.8. The summed E-state index contributed by atoms with van der Waals surface area (Å²) in [5.74, 6) is 0.106. The van der Waals surface area contributed by atoms with Crippen molar-refractivity contribution in [2.24, 2.45) is 34.5 Å². The van der Waals surface area contributed by atoms with E-state index in [0.29, 0.717) is 18.9 Å². The van der Waals surface area contributed by atoms with E-state index in [4.69, 9.17) is 18.9 Å². The van der Waals surface area contributed by atoms with Gasteiger partial charge in [-0.25, -0.2) is 0 Å². The Kier molecular flexibility index (Phi) is 3.81. The highest BCUT2D eigenvalue weighted by atomic mass is 16.9. The van der Waals surface area contributed by atoms with Crippen molar-refractivity contribution in [1.82, 2.24) is 0 Å². The van der Waals surface area contributed by atoms with E-state index < -0.39 is 11.4 Å². The van der Waals surface area contributed by atoms with Gasteiger partial charge in [0.2, 0.25) is 5.79 Å². The summed E-state index contributed by atoms with van der Waals surface area (Å²) in [6, 6.07) is 0. The van der Waals surface area contributed by atoms with Crippen molar-refractivity contribution in [2.45, 2.75) is 57.8 Å². The molecular weight excluding hydrogens is 384 g/mol. The van der Waals surface area contributed by atoms with Crippen molar-refractivity contribution in [3.05, 3.63) is 23.8 Å². The highest BCUT2D eigenvalue weighted by molar-refractivity contribution is 6.01. The number of carbonyl (C=O) groups is 2. The molecule has 0 aromatic carbocycles. The Hall–Kier alpha value is -1.34. The van der Waals surface area contributed by atoms with Gasteiger partial charge in [0.05, 0.1) is 0 Å². The highest BCUT2D eigenvalue weighted by Gasteiger charge is 2.79. The Morgan fingerprint density at radius 3 is 2.67 bits per heavy atom. The molecule has 5 fully saturated rings. The quantitative estimate of drug-likeness (QED) is 0.606. The number of hydrogen-bond acceptors (Lipinski definition) is 6. The minimum Gasteiger partial charge on any atom is -0.350 e. The molecule has 2 saturated heterocycles. The van der Waals surface area contributed by atoms with Gasteiger partial charge in [0, 0.05) is 23.2 Å². The second kappa shape index (κ2) is 5.91. The maximum atomic E-state index is 13.9. The van der Waals surface area contributed by atoms with Crippen LogP contribution in [0.5, 0.6) is 0 Å². The SMILES string of the molecule is C[C@@H]1C[C@H]2[C@@H]3CCC4=CC(=O)C=C[C@]4(C)[C@H]3C(=O)C[C@]2(C)[C@]12OCOC21COCO1. The highest BCUT2D eigenvalue weighted by Crippen LogP contribution is 2.71. The Morgan fingerprint density at radius 1 is 1.10 bits per heavy atom. The summed E-state index contributed by atoms with van der Waals surface area (Å²) in [6.07, 6.45) is 8.66. The number of ketones is 2. The molecule has 6 aliphatic rings. The smallest absolute Gasteiger partial charge is 0.227 e. The van der Waals surface area contributed by atoms with E-state index in [2.05, 4.69) is 20.8 Å². The van der Waals surface area contributed by atoms with Crippen molar-refractivity contribution in [3.8, 4) is 0 Å². The zero-order chi connectivity index (χ0) is 20.9. The molecule has 2 spiro atoms. The lowest BCUT2D eigenvalue weighted by Crippen LogP contribution is -2.67. The molecular formula is C24H30O6. The molecule has 0 N–H and O–H groups in total. The van der Waals surface area contributed by atoms with Gasteiger partial charge in [-0.05, 0) is 49.2 Å². The predicted octanol–water partition coefficient (Wildman–Crippen LogP) is 3.16. The Bertz CT molecular complexity index is 879. The van der Waals surface area contributed by atoms with Gasteiger partial charge in [-0.15, -0.1) is 0 Å². The Labute approximate surface area is 176 Å². The monoisotopic (exact) mass is 414 g/mol. The van der Waals surface area contributed by atoms with Crippen LogP contribution in [0, 0.1) is 34.5 Å². The van der Waals surface area contributed by atoms with E-state index in [1.165, 1.54) is 0 Å². The topological polar surface area (TPSA) is 71.1 Å². The normalized spacial score (nSPS) is 54.4. The van der Waals surface area contributed by atoms with Crippen LogP contribution in [0.2, 0.25) is 0 Å². The van der Waals surface area contributed by atoms with Crippen molar-refractivity contribution >= 4 is 11.6 Å². The lowest BCUT2D eigenvalue weighted by Gasteiger charge is -2.58. The maximum Gasteiger partial charge on any atom is 0.227 e. The van der Waals surface area contributed by atoms with Gasteiger partial charge in [-0.2, -0.15) is 0 Å². The first-order valence-corrected chi connectivity index (χ1v) is 11.2. The summed E-state index contributed by atoms with van der Waals surface area (Å²) in [6.45, 7) is 7.31. The Balaban J connectivity index is 1.45. The van der Waals surface area contributed by atoms with Crippen LogP contribution in [0.4, 0.5) is 0 Å². The molecule has 162 valence electrons. The summed E-state index contributed by atoms with van der Waals surface area (Å²) in [5, 5.41) is 0. The Morgan fingerprint density at radius 2 is 1.90 bits per heavy atom. The first kappa shape index (κ1) is 19.4. The van der Waals surface area contributed by atoms with E-state index in [0.717, 1.165) is 24.8 Å². The summed E-state index contributed by atoms with van der Waals surface area (Å²) < 4.78 is 24.2. The van der Waals surface area contributed by atoms with Crippen molar-refractivity contribution in [2.75, 3.05) is 20.2 Å². The number of Topliss-reactive ketones (excluding diaryl/α,β-unsaturated/α-hetero) is 1. The van der Waals surface area contributed by atoms with E-state index >= 15 is 0 Å². The average Bonchev–Trinajstić information content (AvgIpc) is 3.38. The molecule has 0 aromatic heterocycles. The van der Waals surface area contributed by atoms with Crippen molar-refractivity contribution < 1.29 is 28.5 Å². The van der Waals surface area contributed by atoms with Crippen LogP contribution in [-0.4, -0.2) is 43.1 Å². The second-order valence-corrected chi connectivity index (χ2v) is 10.7.